The number of carbonyl (C=O) groups excluding carboxylic acids is 2. The highest BCUT2D eigenvalue weighted by Gasteiger charge is 2.44. The molecule has 13 nitrogen and oxygen atoms in total. The van der Waals surface area contributed by atoms with Gasteiger partial charge in [0.05, 0.1) is 40.3 Å². The summed E-state index contributed by atoms with van der Waals surface area (Å²) in [6.45, 7) is 1.48. The molecule has 1 fully saturated rings. The highest BCUT2D eigenvalue weighted by atomic mass is 35.5. The summed E-state index contributed by atoms with van der Waals surface area (Å²) in [5.74, 6) is -0.000834. The number of nitro groups is 1. The maximum absolute atomic E-state index is 13.5. The minimum atomic E-state index is -1.28. The molecule has 0 spiro atoms. The Morgan fingerprint density at radius 1 is 1.04 bits per heavy atom. The summed E-state index contributed by atoms with van der Waals surface area (Å²) >= 11 is 6.38. The fraction of sp³-hybridized carbons (Fsp3) is 0.375. The molecule has 0 aromatic heterocycles. The number of nitrogens with one attached hydrogen (secondary N) is 2. The molecule has 4 N–H and O–H groups in total. The van der Waals surface area contributed by atoms with Crippen LogP contribution in [-0.4, -0.2) is 56.8 Å². The lowest BCUT2D eigenvalue weighted by Gasteiger charge is -2.46. The average Bonchev–Trinajstić information content (AvgIpc) is 3.17. The number of non-ortho nitro benzene ring substituents is 1. The predicted molar refractivity (Wildman–Crippen MR) is 203 cm³/mol. The van der Waals surface area contributed by atoms with E-state index in [9.17, 15) is 34.7 Å². The Labute approximate surface area is 318 Å². The summed E-state index contributed by atoms with van der Waals surface area (Å²) in [6.07, 6.45) is 8.28. The number of ether oxygens (including phenoxy) is 2. The van der Waals surface area contributed by atoms with Gasteiger partial charge >= 0.3 is 12.2 Å². The van der Waals surface area contributed by atoms with E-state index in [1.54, 1.807) is 6.08 Å². The standard InChI is InChI=1S/C40H45ClN4O9/c1-39(29-10-5-3-6-11-29)20-21-40(24-35(39)44(38(49)50)30-12-7-4-8-13-30,43-37(48)54-26-27-15-17-31(18-16-27)45(51)52)19-9-14-36(47)42-33-23-34(53-2)28(25-46)22-32(33)41/h3,5-6,10-11,15-18,20-24,30,46H,4,7-9,12-14,19,25-26H2,1-2H3,(H,42,47)(H,43,48)(H,49,50)/t39-,40-/m0/s1. The van der Waals surface area contributed by atoms with Gasteiger partial charge in [-0.05, 0) is 68.0 Å². The molecular formula is C40H45ClN4O9. The fourth-order valence-corrected chi connectivity index (χ4v) is 7.36. The quantitative estimate of drug-likeness (QED) is 0.0715. The summed E-state index contributed by atoms with van der Waals surface area (Å²) in [5.41, 5.74) is 0.392. The molecule has 2 aliphatic rings. The number of amides is 3. The number of carbonyl (C=O) groups is 3. The third-order valence-corrected chi connectivity index (χ3v) is 10.4. The summed E-state index contributed by atoms with van der Waals surface area (Å²) in [6, 6.07) is 18.0. The van der Waals surface area contributed by atoms with Gasteiger partial charge < -0.3 is 30.3 Å². The monoisotopic (exact) mass is 760 g/mol. The Morgan fingerprint density at radius 2 is 1.74 bits per heavy atom. The molecule has 0 aliphatic heterocycles. The van der Waals surface area contributed by atoms with Gasteiger partial charge in [0.1, 0.15) is 12.4 Å². The van der Waals surface area contributed by atoms with Crippen LogP contribution in [0.5, 0.6) is 5.75 Å². The van der Waals surface area contributed by atoms with Crippen molar-refractivity contribution in [2.75, 3.05) is 12.4 Å². The van der Waals surface area contributed by atoms with Gasteiger partial charge in [0.25, 0.3) is 5.69 Å². The maximum atomic E-state index is 13.5. The number of rotatable bonds is 14. The molecule has 3 aromatic rings. The number of anilines is 1. The van der Waals surface area contributed by atoms with Crippen molar-refractivity contribution in [2.45, 2.75) is 88.5 Å². The topological polar surface area (TPSA) is 181 Å². The SMILES string of the molecule is COc1cc(NC(=O)CCC[C@]2(NC(=O)OCc3ccc([N+](=O)[O-])cc3)C=C[C@@](C)(c3ccccc3)C(N(C(=O)O)C3CCCCC3)=C2)c(Cl)cc1CO. The lowest BCUT2D eigenvalue weighted by Crippen LogP contribution is -2.53. The predicted octanol–water partition coefficient (Wildman–Crippen LogP) is 8.25. The van der Waals surface area contributed by atoms with Crippen LogP contribution in [0.25, 0.3) is 0 Å². The van der Waals surface area contributed by atoms with E-state index in [0.29, 0.717) is 41.1 Å². The van der Waals surface area contributed by atoms with Gasteiger partial charge in [0.15, 0.2) is 0 Å². The molecule has 14 heteroatoms. The van der Waals surface area contributed by atoms with E-state index in [2.05, 4.69) is 10.6 Å². The Bertz CT molecular complexity index is 1900. The second-order valence-corrected chi connectivity index (χ2v) is 14.2. The van der Waals surface area contributed by atoms with E-state index in [-0.39, 0.29) is 55.1 Å². The number of aliphatic hydroxyl groups is 1. The van der Waals surface area contributed by atoms with Crippen LogP contribution in [0.3, 0.4) is 0 Å². The van der Waals surface area contributed by atoms with Crippen molar-refractivity contribution in [1.29, 1.82) is 0 Å². The van der Waals surface area contributed by atoms with Crippen LogP contribution in [0.1, 0.15) is 75.0 Å². The van der Waals surface area contributed by atoms with Crippen LogP contribution in [-0.2, 0) is 28.2 Å². The Morgan fingerprint density at radius 3 is 2.37 bits per heavy atom. The van der Waals surface area contributed by atoms with Crippen molar-refractivity contribution >= 4 is 41.1 Å². The third-order valence-electron chi connectivity index (χ3n) is 10.1. The van der Waals surface area contributed by atoms with Crippen LogP contribution in [0, 0.1) is 10.1 Å². The molecule has 0 heterocycles. The first-order chi connectivity index (χ1) is 25.9. The van der Waals surface area contributed by atoms with Gasteiger partial charge in [0, 0.05) is 41.9 Å². The fourth-order valence-electron chi connectivity index (χ4n) is 7.13. The molecule has 0 saturated heterocycles. The number of alkyl carbamates (subject to hydrolysis) is 1. The van der Waals surface area contributed by atoms with Crippen molar-refractivity contribution in [3.8, 4) is 5.75 Å². The molecule has 1 saturated carbocycles. The van der Waals surface area contributed by atoms with Crippen molar-refractivity contribution < 1.29 is 39.0 Å². The highest BCUT2D eigenvalue weighted by Crippen LogP contribution is 2.44. The second-order valence-electron chi connectivity index (χ2n) is 13.7. The smallest absolute Gasteiger partial charge is 0.411 e. The molecule has 0 radical (unpaired) electrons. The average molecular weight is 761 g/mol. The molecule has 3 amide bonds. The number of nitrogens with zero attached hydrogens (tertiary/aromatic N) is 2. The number of carboxylic acid groups (broad SMARTS) is 1. The minimum Gasteiger partial charge on any atom is -0.496 e. The van der Waals surface area contributed by atoms with Gasteiger partial charge in [-0.15, -0.1) is 0 Å². The third kappa shape index (κ3) is 9.39. The summed E-state index contributed by atoms with van der Waals surface area (Å²) in [4.78, 5) is 52.0. The first-order valence-electron chi connectivity index (χ1n) is 17.8. The van der Waals surface area contributed by atoms with E-state index >= 15 is 0 Å². The molecule has 2 aliphatic carbocycles. The molecule has 0 unspecified atom stereocenters. The van der Waals surface area contributed by atoms with Crippen LogP contribution in [0.2, 0.25) is 5.02 Å². The molecule has 0 bridgehead atoms. The normalized spacial score (nSPS) is 19.7. The number of hydrogen-bond acceptors (Lipinski definition) is 8. The van der Waals surface area contributed by atoms with Crippen molar-refractivity contribution in [1.82, 2.24) is 10.2 Å². The first-order valence-corrected chi connectivity index (χ1v) is 18.2. The van der Waals surface area contributed by atoms with Crippen LogP contribution in [0.15, 0.2) is 90.7 Å². The van der Waals surface area contributed by atoms with Gasteiger partial charge in [-0.3, -0.25) is 19.8 Å². The molecule has 286 valence electrons. The zero-order chi connectivity index (χ0) is 38.9. The van der Waals surface area contributed by atoms with E-state index in [0.717, 1.165) is 24.8 Å². The van der Waals surface area contributed by atoms with E-state index < -0.39 is 28.1 Å². The minimum absolute atomic E-state index is 0.0138. The molecule has 2 atom stereocenters. The largest absolute Gasteiger partial charge is 0.496 e. The number of allylic oxidation sites excluding steroid dienone is 1. The summed E-state index contributed by atoms with van der Waals surface area (Å²) < 4.78 is 10.9. The maximum Gasteiger partial charge on any atom is 0.411 e. The Balaban J connectivity index is 1.46. The number of aliphatic hydroxyl groups excluding tert-OH is 1. The lowest BCUT2D eigenvalue weighted by atomic mass is 9.70. The number of hydrogen-bond donors (Lipinski definition) is 4. The van der Waals surface area contributed by atoms with E-state index in [4.69, 9.17) is 21.1 Å². The summed E-state index contributed by atoms with van der Waals surface area (Å²) in [5, 5.41) is 37.5. The number of nitro benzene ring substituents is 1. The zero-order valence-corrected chi connectivity index (χ0v) is 31.0. The van der Waals surface area contributed by atoms with Crippen LogP contribution >= 0.6 is 11.6 Å². The number of halogens is 1. The molecular weight excluding hydrogens is 716 g/mol. The zero-order valence-electron chi connectivity index (χ0n) is 30.3. The van der Waals surface area contributed by atoms with Gasteiger partial charge in [-0.25, -0.2) is 9.59 Å². The lowest BCUT2D eigenvalue weighted by molar-refractivity contribution is -0.384. The van der Waals surface area contributed by atoms with Gasteiger partial charge in [-0.2, -0.15) is 0 Å². The highest BCUT2D eigenvalue weighted by molar-refractivity contribution is 6.33. The first kappa shape index (κ1) is 39.8. The molecule has 3 aromatic carbocycles. The Kier molecular flexibility index (Phi) is 13.0. The van der Waals surface area contributed by atoms with Gasteiger partial charge in [0.2, 0.25) is 5.91 Å². The summed E-state index contributed by atoms with van der Waals surface area (Å²) in [7, 11) is 1.44. The van der Waals surface area contributed by atoms with Crippen LogP contribution in [0.4, 0.5) is 21.0 Å². The van der Waals surface area contributed by atoms with Crippen molar-refractivity contribution in [3.05, 3.63) is 122 Å². The van der Waals surface area contributed by atoms with Crippen molar-refractivity contribution in [3.63, 3.8) is 0 Å². The van der Waals surface area contributed by atoms with Crippen molar-refractivity contribution in [2.24, 2.45) is 0 Å². The van der Waals surface area contributed by atoms with Crippen LogP contribution < -0.4 is 15.4 Å². The van der Waals surface area contributed by atoms with E-state index in [1.807, 2.05) is 49.4 Å². The van der Waals surface area contributed by atoms with E-state index in [1.165, 1.54) is 48.4 Å². The van der Waals surface area contributed by atoms with Gasteiger partial charge in [-0.1, -0.05) is 73.3 Å². The number of benzene rings is 3. The molecule has 54 heavy (non-hydrogen) atoms. The second kappa shape index (κ2) is 17.6. The Hall–Kier alpha value is -5.40. The molecule has 5 rings (SSSR count). The number of methoxy groups -OCH3 is 1.